The Morgan fingerprint density at radius 1 is 1.00 bits per heavy atom. The third-order valence-corrected chi connectivity index (χ3v) is 6.76. The van der Waals surface area contributed by atoms with Crippen LogP contribution in [0.5, 0.6) is 0 Å². The third kappa shape index (κ3) is 3.32. The zero-order chi connectivity index (χ0) is 19.7. The van der Waals surface area contributed by atoms with Crippen LogP contribution in [0.25, 0.3) is 10.9 Å². The standard InChI is InChI=1S/C20H19N3O4S/c24-19-16-5-1-2-6-18(16)21-13-17(19)20(25)22-14-7-9-15(10-8-14)28(26,27)23-11-3-4-12-23/h1-2,5-10,13H,3-4,11-12H2,(H,21,24)(H,22,25). The van der Waals surface area contributed by atoms with E-state index in [4.69, 9.17) is 0 Å². The van der Waals surface area contributed by atoms with Gasteiger partial charge in [-0.05, 0) is 49.2 Å². The minimum absolute atomic E-state index is 0.00698. The number of aromatic nitrogens is 1. The second kappa shape index (κ2) is 7.21. The number of carbonyl (C=O) groups is 1. The second-order valence-corrected chi connectivity index (χ2v) is 8.60. The number of anilines is 1. The van der Waals surface area contributed by atoms with Crippen LogP contribution in [0.3, 0.4) is 0 Å². The SMILES string of the molecule is O=C(Nc1ccc(S(=O)(=O)N2CCCC2)cc1)c1c[nH]c2ccccc2c1=O. The lowest BCUT2D eigenvalue weighted by Gasteiger charge is -2.15. The second-order valence-electron chi connectivity index (χ2n) is 6.67. The minimum atomic E-state index is -3.50. The van der Waals surface area contributed by atoms with Gasteiger partial charge in [-0.3, -0.25) is 9.59 Å². The van der Waals surface area contributed by atoms with E-state index >= 15 is 0 Å². The maximum Gasteiger partial charge on any atom is 0.261 e. The number of sulfonamides is 1. The summed E-state index contributed by atoms with van der Waals surface area (Å²) in [6, 6.07) is 12.9. The predicted molar refractivity (Wildman–Crippen MR) is 107 cm³/mol. The van der Waals surface area contributed by atoms with Gasteiger partial charge in [0, 0.05) is 35.9 Å². The van der Waals surface area contributed by atoms with Crippen LogP contribution in [0.1, 0.15) is 23.2 Å². The number of hydrogen-bond donors (Lipinski definition) is 2. The van der Waals surface area contributed by atoms with Gasteiger partial charge in [0.2, 0.25) is 15.5 Å². The number of pyridine rings is 1. The average molecular weight is 397 g/mol. The molecule has 4 rings (SSSR count). The molecule has 0 atom stereocenters. The summed E-state index contributed by atoms with van der Waals surface area (Å²) in [4.78, 5) is 28.2. The summed E-state index contributed by atoms with van der Waals surface area (Å²) < 4.78 is 26.6. The van der Waals surface area contributed by atoms with E-state index < -0.39 is 15.9 Å². The number of carbonyl (C=O) groups excluding carboxylic acids is 1. The lowest BCUT2D eigenvalue weighted by Crippen LogP contribution is -2.27. The molecule has 0 bridgehead atoms. The fourth-order valence-corrected chi connectivity index (χ4v) is 4.84. The van der Waals surface area contributed by atoms with Crippen LogP contribution in [0.15, 0.2) is 64.4 Å². The molecule has 0 spiro atoms. The van der Waals surface area contributed by atoms with E-state index in [1.54, 1.807) is 24.3 Å². The Bertz CT molecular complexity index is 1190. The molecule has 8 heteroatoms. The van der Waals surface area contributed by atoms with Gasteiger partial charge in [0.15, 0.2) is 0 Å². The molecule has 1 aliphatic rings. The van der Waals surface area contributed by atoms with Crippen molar-refractivity contribution in [3.05, 3.63) is 70.5 Å². The number of H-pyrrole nitrogens is 1. The fraction of sp³-hybridized carbons (Fsp3) is 0.200. The van der Waals surface area contributed by atoms with E-state index in [1.807, 2.05) is 0 Å². The Morgan fingerprint density at radius 2 is 1.68 bits per heavy atom. The normalized spacial score (nSPS) is 15.0. The smallest absolute Gasteiger partial charge is 0.261 e. The topological polar surface area (TPSA) is 99.3 Å². The Balaban J connectivity index is 1.56. The van der Waals surface area contributed by atoms with E-state index in [9.17, 15) is 18.0 Å². The van der Waals surface area contributed by atoms with Crippen LogP contribution in [0, 0.1) is 0 Å². The van der Waals surface area contributed by atoms with E-state index in [0.717, 1.165) is 12.8 Å². The summed E-state index contributed by atoms with van der Waals surface area (Å²) in [6.45, 7) is 1.07. The highest BCUT2D eigenvalue weighted by atomic mass is 32.2. The van der Waals surface area contributed by atoms with Gasteiger partial charge >= 0.3 is 0 Å². The zero-order valence-corrected chi connectivity index (χ0v) is 15.8. The number of amides is 1. The summed E-state index contributed by atoms with van der Waals surface area (Å²) in [5, 5.41) is 3.08. The van der Waals surface area contributed by atoms with Crippen molar-refractivity contribution < 1.29 is 13.2 Å². The average Bonchev–Trinajstić information content (AvgIpc) is 3.24. The summed E-state index contributed by atoms with van der Waals surface area (Å²) >= 11 is 0. The van der Waals surface area contributed by atoms with Crippen LogP contribution in [0.2, 0.25) is 0 Å². The Morgan fingerprint density at radius 3 is 2.39 bits per heavy atom. The number of nitrogens with zero attached hydrogens (tertiary/aromatic N) is 1. The first-order valence-corrected chi connectivity index (χ1v) is 10.4. The van der Waals surface area contributed by atoms with Gasteiger partial charge < -0.3 is 10.3 Å². The molecule has 1 fully saturated rings. The van der Waals surface area contributed by atoms with Crippen molar-refractivity contribution in [2.75, 3.05) is 18.4 Å². The largest absolute Gasteiger partial charge is 0.360 e. The number of hydrogen-bond acceptors (Lipinski definition) is 4. The van der Waals surface area contributed by atoms with Crippen LogP contribution in [-0.2, 0) is 10.0 Å². The van der Waals surface area contributed by atoms with E-state index in [0.29, 0.717) is 29.7 Å². The molecule has 0 aliphatic carbocycles. The Hall–Kier alpha value is -2.97. The number of para-hydroxylation sites is 1. The first-order valence-electron chi connectivity index (χ1n) is 8.99. The first kappa shape index (κ1) is 18.4. The van der Waals surface area contributed by atoms with Gasteiger partial charge in [-0.25, -0.2) is 8.42 Å². The molecule has 1 aliphatic heterocycles. The van der Waals surface area contributed by atoms with Crippen molar-refractivity contribution in [2.24, 2.45) is 0 Å². The zero-order valence-electron chi connectivity index (χ0n) is 15.0. The van der Waals surface area contributed by atoms with Gasteiger partial charge in [-0.2, -0.15) is 4.31 Å². The highest BCUT2D eigenvalue weighted by Crippen LogP contribution is 2.22. The van der Waals surface area contributed by atoms with Crippen molar-refractivity contribution in [3.8, 4) is 0 Å². The van der Waals surface area contributed by atoms with Crippen LogP contribution < -0.4 is 10.7 Å². The molecule has 144 valence electrons. The monoisotopic (exact) mass is 397 g/mol. The van der Waals surface area contributed by atoms with Gasteiger partial charge in [0.1, 0.15) is 5.56 Å². The molecule has 3 aromatic rings. The molecule has 2 aromatic carbocycles. The maximum absolute atomic E-state index is 12.6. The predicted octanol–water partition coefficient (Wildman–Crippen LogP) is 2.56. The Labute approximate surface area is 162 Å². The first-order chi connectivity index (χ1) is 13.5. The Kier molecular flexibility index (Phi) is 4.74. The number of fused-ring (bicyclic) bond motifs is 1. The summed E-state index contributed by atoms with van der Waals surface area (Å²) in [7, 11) is -3.50. The molecule has 1 aromatic heterocycles. The molecular weight excluding hydrogens is 378 g/mol. The molecule has 0 unspecified atom stereocenters. The summed E-state index contributed by atoms with van der Waals surface area (Å²) in [6.07, 6.45) is 3.12. The number of benzene rings is 2. The maximum atomic E-state index is 12.6. The molecule has 2 N–H and O–H groups in total. The van der Waals surface area contributed by atoms with E-state index in [2.05, 4.69) is 10.3 Å². The quantitative estimate of drug-likeness (QED) is 0.707. The molecule has 0 saturated carbocycles. The number of nitrogens with one attached hydrogen (secondary N) is 2. The van der Waals surface area contributed by atoms with Gasteiger partial charge in [-0.1, -0.05) is 12.1 Å². The van der Waals surface area contributed by atoms with Gasteiger partial charge in [0.05, 0.1) is 4.90 Å². The molecule has 1 saturated heterocycles. The van der Waals surface area contributed by atoms with Crippen LogP contribution in [0.4, 0.5) is 5.69 Å². The van der Waals surface area contributed by atoms with Crippen molar-refractivity contribution in [1.29, 1.82) is 0 Å². The van der Waals surface area contributed by atoms with E-state index in [1.165, 1.54) is 34.8 Å². The van der Waals surface area contributed by atoms with Gasteiger partial charge in [-0.15, -0.1) is 0 Å². The molecule has 28 heavy (non-hydrogen) atoms. The fourth-order valence-electron chi connectivity index (χ4n) is 3.32. The summed E-state index contributed by atoms with van der Waals surface area (Å²) in [5.74, 6) is -0.554. The summed E-state index contributed by atoms with van der Waals surface area (Å²) in [5.41, 5.74) is 0.700. The molecule has 2 heterocycles. The van der Waals surface area contributed by atoms with Crippen molar-refractivity contribution in [3.63, 3.8) is 0 Å². The van der Waals surface area contributed by atoms with Crippen molar-refractivity contribution >= 4 is 32.5 Å². The van der Waals surface area contributed by atoms with Crippen LogP contribution >= 0.6 is 0 Å². The molecule has 1 amide bonds. The highest BCUT2D eigenvalue weighted by Gasteiger charge is 2.27. The lowest BCUT2D eigenvalue weighted by atomic mass is 10.1. The lowest BCUT2D eigenvalue weighted by molar-refractivity contribution is 0.102. The van der Waals surface area contributed by atoms with Crippen LogP contribution in [-0.4, -0.2) is 36.7 Å². The van der Waals surface area contributed by atoms with Crippen molar-refractivity contribution in [1.82, 2.24) is 9.29 Å². The number of rotatable bonds is 4. The molecule has 0 radical (unpaired) electrons. The number of aromatic amines is 1. The van der Waals surface area contributed by atoms with Gasteiger partial charge in [0.25, 0.3) is 5.91 Å². The molecular formula is C20H19N3O4S. The van der Waals surface area contributed by atoms with E-state index in [-0.39, 0.29) is 15.9 Å². The minimum Gasteiger partial charge on any atom is -0.360 e. The highest BCUT2D eigenvalue weighted by molar-refractivity contribution is 7.89. The van der Waals surface area contributed by atoms with Crippen molar-refractivity contribution in [2.45, 2.75) is 17.7 Å². The third-order valence-electron chi connectivity index (χ3n) is 4.85. The molecule has 7 nitrogen and oxygen atoms in total.